The summed E-state index contributed by atoms with van der Waals surface area (Å²) in [5, 5.41) is 23.4. The highest BCUT2D eigenvalue weighted by Crippen LogP contribution is 2.34. The number of benzene rings is 1. The van der Waals surface area contributed by atoms with Gasteiger partial charge in [0.25, 0.3) is 0 Å². The van der Waals surface area contributed by atoms with Crippen LogP contribution < -0.4 is 10.1 Å². The molecule has 0 aliphatic heterocycles. The maximum absolute atomic E-state index is 10.9. The number of ether oxygens (including phenoxy) is 1. The van der Waals surface area contributed by atoms with Gasteiger partial charge in [0.05, 0.1) is 17.6 Å². The second kappa shape index (κ2) is 5.01. The molecule has 0 aliphatic rings. The van der Waals surface area contributed by atoms with Crippen molar-refractivity contribution in [3.63, 3.8) is 0 Å². The van der Waals surface area contributed by atoms with Crippen LogP contribution in [-0.2, 0) is 0 Å². The molecule has 0 saturated carbocycles. The second-order valence-electron chi connectivity index (χ2n) is 4.28. The SMILES string of the molecule is COc1cccc(NCC(C)(C)O)c1[N+](=O)[O-]. The highest BCUT2D eigenvalue weighted by Gasteiger charge is 2.22. The third kappa shape index (κ3) is 3.60. The minimum Gasteiger partial charge on any atom is -0.490 e. The lowest BCUT2D eigenvalue weighted by atomic mass is 10.1. The van der Waals surface area contributed by atoms with Gasteiger partial charge in [-0.25, -0.2) is 0 Å². The van der Waals surface area contributed by atoms with Gasteiger partial charge in [-0.2, -0.15) is 0 Å². The predicted octanol–water partition coefficient (Wildman–Crippen LogP) is 1.79. The summed E-state index contributed by atoms with van der Waals surface area (Å²) >= 11 is 0. The summed E-state index contributed by atoms with van der Waals surface area (Å²) < 4.78 is 4.94. The number of aliphatic hydroxyl groups is 1. The van der Waals surface area contributed by atoms with Crippen molar-refractivity contribution in [2.45, 2.75) is 19.4 Å². The lowest BCUT2D eigenvalue weighted by Gasteiger charge is -2.18. The molecule has 0 amide bonds. The summed E-state index contributed by atoms with van der Waals surface area (Å²) in [5.41, 5.74) is -0.743. The van der Waals surface area contributed by atoms with Crippen LogP contribution in [0.25, 0.3) is 0 Å². The van der Waals surface area contributed by atoms with Crippen LogP contribution in [0.3, 0.4) is 0 Å². The van der Waals surface area contributed by atoms with Gasteiger partial charge in [-0.05, 0) is 26.0 Å². The Morgan fingerprint density at radius 2 is 2.18 bits per heavy atom. The molecule has 0 fully saturated rings. The minimum atomic E-state index is -0.947. The zero-order valence-electron chi connectivity index (χ0n) is 10.1. The second-order valence-corrected chi connectivity index (χ2v) is 4.28. The number of methoxy groups -OCH3 is 1. The first kappa shape index (κ1) is 13.2. The molecule has 6 heteroatoms. The van der Waals surface area contributed by atoms with Crippen LogP contribution in [-0.4, -0.2) is 29.3 Å². The molecule has 0 saturated heterocycles. The Kier molecular flexibility index (Phi) is 3.90. The summed E-state index contributed by atoms with van der Waals surface area (Å²) in [4.78, 5) is 10.4. The monoisotopic (exact) mass is 240 g/mol. The Balaban J connectivity index is 3.02. The van der Waals surface area contributed by atoms with E-state index >= 15 is 0 Å². The molecule has 1 aromatic rings. The van der Waals surface area contributed by atoms with Crippen molar-refractivity contribution in [2.24, 2.45) is 0 Å². The highest BCUT2D eigenvalue weighted by molar-refractivity contribution is 5.68. The van der Waals surface area contributed by atoms with Gasteiger partial charge in [-0.3, -0.25) is 10.1 Å². The zero-order chi connectivity index (χ0) is 13.1. The third-order valence-corrected chi connectivity index (χ3v) is 2.11. The number of hydrogen-bond acceptors (Lipinski definition) is 5. The zero-order valence-corrected chi connectivity index (χ0v) is 10.1. The van der Waals surface area contributed by atoms with E-state index in [9.17, 15) is 15.2 Å². The average molecular weight is 240 g/mol. The molecule has 1 aromatic carbocycles. The smallest absolute Gasteiger partial charge is 0.333 e. The molecular weight excluding hydrogens is 224 g/mol. The lowest BCUT2D eigenvalue weighted by Crippen LogP contribution is -2.29. The standard InChI is InChI=1S/C11H16N2O4/c1-11(2,14)7-12-8-5-4-6-9(17-3)10(8)13(15)16/h4-6,12,14H,7H2,1-3H3. The Bertz CT molecular complexity index is 412. The van der Waals surface area contributed by atoms with Crippen LogP contribution in [0.5, 0.6) is 5.75 Å². The third-order valence-electron chi connectivity index (χ3n) is 2.11. The summed E-state index contributed by atoms with van der Waals surface area (Å²) in [6, 6.07) is 4.75. The number of anilines is 1. The number of nitro benzene ring substituents is 1. The first-order valence-electron chi connectivity index (χ1n) is 5.13. The van der Waals surface area contributed by atoms with Crippen LogP contribution in [0.4, 0.5) is 11.4 Å². The van der Waals surface area contributed by atoms with Gasteiger partial charge in [-0.15, -0.1) is 0 Å². The topological polar surface area (TPSA) is 84.6 Å². The van der Waals surface area contributed by atoms with Crippen molar-refractivity contribution in [1.82, 2.24) is 0 Å². The molecule has 1 rings (SSSR count). The summed E-state index contributed by atoms with van der Waals surface area (Å²) in [6.07, 6.45) is 0. The number of para-hydroxylation sites is 1. The van der Waals surface area contributed by atoms with Gasteiger partial charge in [0.2, 0.25) is 0 Å². The normalized spacial score (nSPS) is 11.1. The van der Waals surface area contributed by atoms with E-state index in [1.54, 1.807) is 26.0 Å². The average Bonchev–Trinajstić information content (AvgIpc) is 2.24. The number of nitro groups is 1. The summed E-state index contributed by atoms with van der Waals surface area (Å²) in [7, 11) is 1.38. The summed E-state index contributed by atoms with van der Waals surface area (Å²) in [6.45, 7) is 3.44. The molecule has 2 N–H and O–H groups in total. The number of rotatable bonds is 5. The molecule has 0 spiro atoms. The van der Waals surface area contributed by atoms with E-state index in [0.29, 0.717) is 5.69 Å². The van der Waals surface area contributed by atoms with Gasteiger partial charge in [-0.1, -0.05) is 6.07 Å². The van der Waals surface area contributed by atoms with Gasteiger partial charge < -0.3 is 15.2 Å². The molecule has 0 aliphatic carbocycles. The van der Waals surface area contributed by atoms with Gasteiger partial charge >= 0.3 is 5.69 Å². The van der Waals surface area contributed by atoms with E-state index in [4.69, 9.17) is 4.74 Å². The molecule has 17 heavy (non-hydrogen) atoms. The Hall–Kier alpha value is -1.82. The first-order chi connectivity index (χ1) is 7.85. The first-order valence-corrected chi connectivity index (χ1v) is 5.13. The van der Waals surface area contributed by atoms with E-state index in [0.717, 1.165) is 0 Å². The molecular formula is C11H16N2O4. The van der Waals surface area contributed by atoms with E-state index in [2.05, 4.69) is 5.32 Å². The molecule has 0 atom stereocenters. The number of nitrogens with zero attached hydrogens (tertiary/aromatic N) is 1. The molecule has 0 heterocycles. The van der Waals surface area contributed by atoms with Crippen molar-refractivity contribution < 1.29 is 14.8 Å². The highest BCUT2D eigenvalue weighted by atomic mass is 16.6. The Morgan fingerprint density at radius 3 is 2.65 bits per heavy atom. The van der Waals surface area contributed by atoms with Crippen molar-refractivity contribution in [2.75, 3.05) is 19.0 Å². The number of nitrogens with one attached hydrogen (secondary N) is 1. The quantitative estimate of drug-likeness (QED) is 0.605. The van der Waals surface area contributed by atoms with E-state index in [1.165, 1.54) is 13.2 Å². The maximum Gasteiger partial charge on any atom is 0.333 e. The fourth-order valence-electron chi connectivity index (χ4n) is 1.33. The largest absolute Gasteiger partial charge is 0.490 e. The molecule has 0 radical (unpaired) electrons. The maximum atomic E-state index is 10.9. The van der Waals surface area contributed by atoms with E-state index in [-0.39, 0.29) is 18.0 Å². The van der Waals surface area contributed by atoms with E-state index in [1.807, 2.05) is 0 Å². The van der Waals surface area contributed by atoms with Gasteiger partial charge in [0.15, 0.2) is 5.75 Å². The molecule has 0 unspecified atom stereocenters. The van der Waals surface area contributed by atoms with Crippen molar-refractivity contribution in [3.8, 4) is 5.75 Å². The van der Waals surface area contributed by atoms with Crippen LogP contribution in [0.1, 0.15) is 13.8 Å². The van der Waals surface area contributed by atoms with Crippen molar-refractivity contribution >= 4 is 11.4 Å². The summed E-state index contributed by atoms with van der Waals surface area (Å²) in [5.74, 6) is 0.191. The fraction of sp³-hybridized carbons (Fsp3) is 0.455. The van der Waals surface area contributed by atoms with Crippen LogP contribution >= 0.6 is 0 Å². The molecule has 6 nitrogen and oxygen atoms in total. The molecule has 94 valence electrons. The van der Waals surface area contributed by atoms with Crippen LogP contribution in [0.2, 0.25) is 0 Å². The predicted molar refractivity (Wildman–Crippen MR) is 64.4 cm³/mol. The van der Waals surface area contributed by atoms with Crippen LogP contribution in [0.15, 0.2) is 18.2 Å². The molecule has 0 aromatic heterocycles. The van der Waals surface area contributed by atoms with Crippen molar-refractivity contribution in [1.29, 1.82) is 0 Å². The van der Waals surface area contributed by atoms with Crippen LogP contribution in [0, 0.1) is 10.1 Å². The number of hydrogen-bond donors (Lipinski definition) is 2. The molecule has 0 bridgehead atoms. The van der Waals surface area contributed by atoms with Gasteiger partial charge in [0, 0.05) is 6.54 Å². The fourth-order valence-corrected chi connectivity index (χ4v) is 1.33. The Labute approximate surface area is 99.4 Å². The Morgan fingerprint density at radius 1 is 1.53 bits per heavy atom. The lowest BCUT2D eigenvalue weighted by molar-refractivity contribution is -0.384. The van der Waals surface area contributed by atoms with Gasteiger partial charge in [0.1, 0.15) is 5.69 Å². The van der Waals surface area contributed by atoms with E-state index < -0.39 is 10.5 Å². The minimum absolute atomic E-state index is 0.126. The van der Waals surface area contributed by atoms with Crippen molar-refractivity contribution in [3.05, 3.63) is 28.3 Å².